The molecule has 192 valence electrons. The summed E-state index contributed by atoms with van der Waals surface area (Å²) in [6.45, 7) is 0.888. The third-order valence-electron chi connectivity index (χ3n) is 8.09. The predicted molar refractivity (Wildman–Crippen MR) is 148 cm³/mol. The van der Waals surface area contributed by atoms with Crippen molar-refractivity contribution in [3.63, 3.8) is 0 Å². The number of carbonyl (C=O) groups excluding carboxylic acids is 1. The van der Waals surface area contributed by atoms with Gasteiger partial charge in [-0.05, 0) is 65.7 Å². The Balaban J connectivity index is 1.20. The van der Waals surface area contributed by atoms with E-state index in [1.165, 1.54) is 0 Å². The fourth-order valence-corrected chi connectivity index (χ4v) is 6.12. The van der Waals surface area contributed by atoms with Gasteiger partial charge in [-0.3, -0.25) is 0 Å². The Morgan fingerprint density at radius 1 is 0.789 bits per heavy atom. The molecule has 0 aliphatic heterocycles. The van der Waals surface area contributed by atoms with Crippen molar-refractivity contribution in [1.29, 1.82) is 0 Å². The van der Waals surface area contributed by atoms with Crippen molar-refractivity contribution in [3.8, 4) is 22.5 Å². The van der Waals surface area contributed by atoms with Gasteiger partial charge >= 0.3 is 11.7 Å². The fourth-order valence-electron chi connectivity index (χ4n) is 6.12. The summed E-state index contributed by atoms with van der Waals surface area (Å²) in [6, 6.07) is 29.6. The second-order valence-electron chi connectivity index (χ2n) is 10.3. The van der Waals surface area contributed by atoms with E-state index in [9.17, 15) is 9.59 Å². The normalized spacial score (nSPS) is 19.8. The van der Waals surface area contributed by atoms with Crippen LogP contribution in [0.15, 0.2) is 100 Å². The highest BCUT2D eigenvalue weighted by Crippen LogP contribution is 2.54. The topological polar surface area (TPSA) is 68.5 Å². The van der Waals surface area contributed by atoms with Gasteiger partial charge in [0.2, 0.25) is 0 Å². The van der Waals surface area contributed by atoms with Gasteiger partial charge < -0.3 is 14.5 Å². The summed E-state index contributed by atoms with van der Waals surface area (Å²) < 4.78 is 11.7. The molecular weight excluding hydrogens is 474 g/mol. The molecule has 1 N–H and O–H groups in total. The van der Waals surface area contributed by atoms with Gasteiger partial charge in [0.25, 0.3) is 0 Å². The zero-order valence-electron chi connectivity index (χ0n) is 21.3. The molecule has 0 saturated heterocycles. The van der Waals surface area contributed by atoms with Crippen LogP contribution >= 0.6 is 0 Å². The molecule has 5 nitrogen and oxygen atoms in total. The monoisotopic (exact) mass is 505 g/mol. The molecular formula is C33H31NO4. The molecule has 2 aliphatic rings. The van der Waals surface area contributed by atoms with Crippen LogP contribution in [-0.4, -0.2) is 12.7 Å². The van der Waals surface area contributed by atoms with Gasteiger partial charge in [0.1, 0.15) is 5.76 Å². The van der Waals surface area contributed by atoms with Crippen molar-refractivity contribution < 1.29 is 13.9 Å². The molecule has 1 heterocycles. The largest absolute Gasteiger partial charge is 0.449 e. The van der Waals surface area contributed by atoms with Crippen LogP contribution in [0.2, 0.25) is 0 Å². The number of rotatable bonds is 6. The second kappa shape index (κ2) is 10.7. The van der Waals surface area contributed by atoms with E-state index in [-0.39, 0.29) is 11.7 Å². The van der Waals surface area contributed by atoms with Crippen LogP contribution < -0.4 is 10.9 Å². The van der Waals surface area contributed by atoms with Gasteiger partial charge in [-0.1, -0.05) is 91.0 Å². The lowest BCUT2D eigenvalue weighted by molar-refractivity contribution is 0.137. The number of amides is 1. The van der Waals surface area contributed by atoms with Crippen LogP contribution in [0, 0.1) is 17.8 Å². The summed E-state index contributed by atoms with van der Waals surface area (Å²) in [5, 5.41) is 2.85. The van der Waals surface area contributed by atoms with Crippen LogP contribution in [0.5, 0.6) is 0 Å². The zero-order valence-corrected chi connectivity index (χ0v) is 21.3. The highest BCUT2D eigenvalue weighted by atomic mass is 16.5. The number of benzene rings is 3. The zero-order chi connectivity index (χ0) is 25.9. The third-order valence-corrected chi connectivity index (χ3v) is 8.09. The molecule has 5 heteroatoms. The summed E-state index contributed by atoms with van der Waals surface area (Å²) in [5.74, 6) is 2.06. The van der Waals surface area contributed by atoms with Gasteiger partial charge in [-0.25, -0.2) is 9.59 Å². The van der Waals surface area contributed by atoms with E-state index >= 15 is 0 Å². The molecule has 2 aliphatic carbocycles. The van der Waals surface area contributed by atoms with E-state index < -0.39 is 0 Å². The molecule has 0 unspecified atom stereocenters. The molecule has 0 bridgehead atoms. The van der Waals surface area contributed by atoms with Gasteiger partial charge in [0.15, 0.2) is 0 Å². The first-order valence-corrected chi connectivity index (χ1v) is 13.4. The van der Waals surface area contributed by atoms with Crippen LogP contribution in [0.3, 0.4) is 0 Å². The number of alkyl carbamates (subject to hydrolysis) is 1. The number of fused-ring (bicyclic) bond motifs is 2. The van der Waals surface area contributed by atoms with E-state index in [1.807, 2.05) is 91.0 Å². The Morgan fingerprint density at radius 2 is 1.37 bits per heavy atom. The molecule has 1 amide bonds. The van der Waals surface area contributed by atoms with Crippen LogP contribution in [0.1, 0.15) is 29.5 Å². The average molecular weight is 506 g/mol. The smallest absolute Gasteiger partial charge is 0.407 e. The maximum atomic E-state index is 13.4. The first kappa shape index (κ1) is 24.2. The number of nitrogens with one attached hydrogen (secondary N) is 1. The van der Waals surface area contributed by atoms with Crippen LogP contribution in [0.4, 0.5) is 4.79 Å². The minimum absolute atomic E-state index is 0.281. The van der Waals surface area contributed by atoms with Gasteiger partial charge in [0, 0.05) is 12.1 Å². The van der Waals surface area contributed by atoms with Crippen molar-refractivity contribution in [2.24, 2.45) is 17.8 Å². The molecule has 6 rings (SSSR count). The standard InChI is InChI=1S/C33H31NO4/c35-32-30(23-12-6-2-7-13-23)27-18-16-25-26(17-19-28(27)31(38-32)24-14-8-3-9-15-24)29(25)21-37-33(36)34-20-22-10-4-1-5-11-22/h1-15,25-26,29H,16-21H2,(H,34,36)/t25-,26+,29+/m0/s1. The van der Waals surface area contributed by atoms with Crippen molar-refractivity contribution in [2.75, 3.05) is 6.61 Å². The molecule has 3 atom stereocenters. The van der Waals surface area contributed by atoms with E-state index in [2.05, 4.69) is 5.32 Å². The molecule has 0 radical (unpaired) electrons. The lowest BCUT2D eigenvalue weighted by Crippen LogP contribution is -2.24. The molecule has 1 aromatic heterocycles. The third kappa shape index (κ3) is 5.01. The summed E-state index contributed by atoms with van der Waals surface area (Å²) in [4.78, 5) is 25.7. The number of ether oxygens (including phenoxy) is 1. The number of hydrogen-bond acceptors (Lipinski definition) is 4. The Labute approximate surface area is 222 Å². The molecule has 0 spiro atoms. The van der Waals surface area contributed by atoms with E-state index in [0.717, 1.165) is 53.5 Å². The Bertz CT molecular complexity index is 1460. The first-order valence-electron chi connectivity index (χ1n) is 13.4. The minimum Gasteiger partial charge on any atom is -0.449 e. The number of carbonyl (C=O) groups is 1. The van der Waals surface area contributed by atoms with Gasteiger partial charge in [0.05, 0.1) is 12.2 Å². The first-order chi connectivity index (χ1) is 18.7. The highest BCUT2D eigenvalue weighted by Gasteiger charge is 2.50. The lowest BCUT2D eigenvalue weighted by Gasteiger charge is -2.19. The summed E-state index contributed by atoms with van der Waals surface area (Å²) in [5.41, 5.74) is 5.53. The van der Waals surface area contributed by atoms with Crippen molar-refractivity contribution in [3.05, 3.63) is 118 Å². The quantitative estimate of drug-likeness (QED) is 0.319. The maximum absolute atomic E-state index is 13.4. The van der Waals surface area contributed by atoms with Crippen molar-refractivity contribution in [1.82, 2.24) is 5.32 Å². The van der Waals surface area contributed by atoms with Gasteiger partial charge in [-0.15, -0.1) is 0 Å². The average Bonchev–Trinajstić information content (AvgIpc) is 3.62. The predicted octanol–water partition coefficient (Wildman–Crippen LogP) is 6.64. The second-order valence-corrected chi connectivity index (χ2v) is 10.3. The van der Waals surface area contributed by atoms with Crippen LogP contribution in [0.25, 0.3) is 22.5 Å². The van der Waals surface area contributed by atoms with E-state index in [0.29, 0.717) is 42.2 Å². The van der Waals surface area contributed by atoms with E-state index in [4.69, 9.17) is 9.15 Å². The molecule has 3 aromatic carbocycles. The molecule has 4 aromatic rings. The lowest BCUT2D eigenvalue weighted by atomic mass is 9.87. The molecule has 1 fully saturated rings. The Hall–Kier alpha value is -4.12. The SMILES string of the molecule is O=C(NCc1ccccc1)OC[C@H]1[C@@H]2CCc3c(-c4ccccc4)oc(=O)c(-c4ccccc4)c3CC[C@@H]21. The fraction of sp³-hybridized carbons (Fsp3) is 0.273. The molecule has 1 saturated carbocycles. The van der Waals surface area contributed by atoms with Crippen molar-refractivity contribution in [2.45, 2.75) is 32.2 Å². The highest BCUT2D eigenvalue weighted by molar-refractivity contribution is 5.73. The Morgan fingerprint density at radius 3 is 2.03 bits per heavy atom. The summed E-state index contributed by atoms with van der Waals surface area (Å²) in [7, 11) is 0. The van der Waals surface area contributed by atoms with E-state index in [1.54, 1.807) is 0 Å². The minimum atomic E-state index is -0.371. The maximum Gasteiger partial charge on any atom is 0.407 e. The van der Waals surface area contributed by atoms with Gasteiger partial charge in [-0.2, -0.15) is 0 Å². The van der Waals surface area contributed by atoms with Crippen LogP contribution in [-0.2, 0) is 24.1 Å². The summed E-state index contributed by atoms with van der Waals surface area (Å²) in [6.07, 6.45) is 3.22. The van der Waals surface area contributed by atoms with Crippen molar-refractivity contribution >= 4 is 6.09 Å². The summed E-state index contributed by atoms with van der Waals surface area (Å²) >= 11 is 0. The Kier molecular flexibility index (Phi) is 6.82. The molecule has 38 heavy (non-hydrogen) atoms. The number of hydrogen-bond donors (Lipinski definition) is 1.